The van der Waals surface area contributed by atoms with Crippen molar-refractivity contribution in [2.75, 3.05) is 6.61 Å². The minimum Gasteiger partial charge on any atom is -0.462 e. The Bertz CT molecular complexity index is 385. The third-order valence-electron chi connectivity index (χ3n) is 2.56. The van der Waals surface area contributed by atoms with Crippen LogP contribution in [0.3, 0.4) is 0 Å². The summed E-state index contributed by atoms with van der Waals surface area (Å²) in [5.74, 6) is -0.816. The predicted octanol–water partition coefficient (Wildman–Crippen LogP) is 1.55. The fourth-order valence-electron chi connectivity index (χ4n) is 1.72. The zero-order valence-corrected chi connectivity index (χ0v) is 10.9. The van der Waals surface area contributed by atoms with Crippen LogP contribution in [0.15, 0.2) is 37.5 Å². The van der Waals surface area contributed by atoms with Crippen molar-refractivity contribution in [2.45, 2.75) is 31.7 Å². The maximum Gasteiger partial charge on any atom is 0.330 e. The number of hydrogen-bond donors (Lipinski definition) is 0. The average Bonchev–Trinajstić information content (AvgIpc) is 2.76. The third kappa shape index (κ3) is 5.09. The molecule has 0 aromatic rings. The van der Waals surface area contributed by atoms with Crippen LogP contribution in [0.5, 0.6) is 0 Å². The van der Waals surface area contributed by atoms with Crippen molar-refractivity contribution >= 4 is 11.9 Å². The van der Waals surface area contributed by atoms with Crippen LogP contribution in [0.4, 0.5) is 0 Å². The molecule has 0 spiro atoms. The molecule has 0 amide bonds. The Morgan fingerprint density at radius 1 is 1.42 bits per heavy atom. The summed E-state index contributed by atoms with van der Waals surface area (Å²) in [6.07, 6.45) is 5.82. The molecule has 104 valence electrons. The Morgan fingerprint density at radius 3 is 2.74 bits per heavy atom. The number of ether oxygens (including phenoxy) is 3. The van der Waals surface area contributed by atoms with Crippen LogP contribution in [-0.2, 0) is 23.8 Å². The molecule has 5 heteroatoms. The van der Waals surface area contributed by atoms with Crippen molar-refractivity contribution < 1.29 is 23.8 Å². The van der Waals surface area contributed by atoms with Gasteiger partial charge < -0.3 is 14.2 Å². The molecule has 0 bridgehead atoms. The van der Waals surface area contributed by atoms with E-state index < -0.39 is 5.97 Å². The Morgan fingerprint density at radius 2 is 2.16 bits per heavy atom. The summed E-state index contributed by atoms with van der Waals surface area (Å²) in [7, 11) is 0. The summed E-state index contributed by atoms with van der Waals surface area (Å²) in [4.78, 5) is 21.7. The van der Waals surface area contributed by atoms with Crippen molar-refractivity contribution in [3.8, 4) is 0 Å². The first-order valence-corrected chi connectivity index (χ1v) is 5.98. The first-order chi connectivity index (χ1) is 9.06. The van der Waals surface area contributed by atoms with Gasteiger partial charge in [0, 0.05) is 19.4 Å². The van der Waals surface area contributed by atoms with E-state index in [9.17, 15) is 9.59 Å². The molecule has 0 aromatic heterocycles. The minimum atomic E-state index is -0.481. The summed E-state index contributed by atoms with van der Waals surface area (Å²) < 4.78 is 15.5. The number of esters is 2. The van der Waals surface area contributed by atoms with E-state index in [0.717, 1.165) is 6.08 Å². The van der Waals surface area contributed by atoms with E-state index >= 15 is 0 Å². The van der Waals surface area contributed by atoms with E-state index in [4.69, 9.17) is 14.2 Å². The van der Waals surface area contributed by atoms with Crippen molar-refractivity contribution in [1.82, 2.24) is 0 Å². The standard InChI is InChI=1S/C14H18O5/c1-4-12-13(19-14(16)5-2)9-11(18-12)7-6-8-17-10(3)15/h4-7,11-13H,1-2,8-9H2,3H3/b7-6+/t11-,12+,13+/m0/s1. The van der Waals surface area contributed by atoms with Gasteiger partial charge in [0.1, 0.15) is 18.8 Å². The number of rotatable bonds is 6. The molecule has 19 heavy (non-hydrogen) atoms. The highest BCUT2D eigenvalue weighted by molar-refractivity contribution is 5.81. The summed E-state index contributed by atoms with van der Waals surface area (Å²) in [6.45, 7) is 8.54. The van der Waals surface area contributed by atoms with Gasteiger partial charge in [-0.25, -0.2) is 4.79 Å². The van der Waals surface area contributed by atoms with Crippen LogP contribution in [-0.4, -0.2) is 36.9 Å². The van der Waals surface area contributed by atoms with E-state index in [1.165, 1.54) is 6.92 Å². The summed E-state index contributed by atoms with van der Waals surface area (Å²) in [6, 6.07) is 0. The van der Waals surface area contributed by atoms with Gasteiger partial charge in [0.05, 0.1) is 6.10 Å². The van der Waals surface area contributed by atoms with Crippen molar-refractivity contribution in [2.24, 2.45) is 0 Å². The van der Waals surface area contributed by atoms with Crippen molar-refractivity contribution in [1.29, 1.82) is 0 Å². The Kier molecular flexibility index (Phi) is 6.02. The largest absolute Gasteiger partial charge is 0.462 e. The smallest absolute Gasteiger partial charge is 0.330 e. The van der Waals surface area contributed by atoms with Gasteiger partial charge in [-0.2, -0.15) is 0 Å². The molecule has 1 saturated heterocycles. The van der Waals surface area contributed by atoms with Gasteiger partial charge in [-0.3, -0.25) is 4.79 Å². The van der Waals surface area contributed by atoms with Gasteiger partial charge >= 0.3 is 11.9 Å². The maximum atomic E-state index is 11.2. The molecule has 1 rings (SSSR count). The summed E-state index contributed by atoms with van der Waals surface area (Å²) >= 11 is 0. The zero-order valence-electron chi connectivity index (χ0n) is 10.9. The SMILES string of the molecule is C=CC(=O)O[C@@H]1C[C@H](/C=C/COC(C)=O)O[C@@H]1C=C. The highest BCUT2D eigenvalue weighted by Gasteiger charge is 2.34. The molecule has 3 atom stereocenters. The van der Waals surface area contributed by atoms with Gasteiger partial charge in [-0.05, 0) is 6.08 Å². The highest BCUT2D eigenvalue weighted by Crippen LogP contribution is 2.25. The highest BCUT2D eigenvalue weighted by atomic mass is 16.6. The van der Waals surface area contributed by atoms with E-state index in [-0.39, 0.29) is 30.9 Å². The van der Waals surface area contributed by atoms with Crippen molar-refractivity contribution in [3.63, 3.8) is 0 Å². The molecular weight excluding hydrogens is 248 g/mol. The van der Waals surface area contributed by atoms with Gasteiger partial charge in [0.2, 0.25) is 0 Å². The second kappa shape index (κ2) is 7.53. The van der Waals surface area contributed by atoms with Crippen LogP contribution in [0, 0.1) is 0 Å². The molecule has 5 nitrogen and oxygen atoms in total. The van der Waals surface area contributed by atoms with E-state index in [2.05, 4.69) is 13.2 Å². The lowest BCUT2D eigenvalue weighted by Crippen LogP contribution is -2.24. The molecule has 0 aliphatic carbocycles. The van der Waals surface area contributed by atoms with Gasteiger partial charge in [-0.1, -0.05) is 18.7 Å². The lowest BCUT2D eigenvalue weighted by atomic mass is 10.1. The lowest BCUT2D eigenvalue weighted by Gasteiger charge is -2.13. The Labute approximate surface area is 112 Å². The summed E-state index contributed by atoms with van der Waals surface area (Å²) in [5, 5.41) is 0. The van der Waals surface area contributed by atoms with Gasteiger partial charge in [-0.15, -0.1) is 6.58 Å². The molecule has 1 heterocycles. The fraction of sp³-hybridized carbons (Fsp3) is 0.429. The number of carbonyl (C=O) groups is 2. The minimum absolute atomic E-state index is 0.193. The molecule has 0 unspecified atom stereocenters. The third-order valence-corrected chi connectivity index (χ3v) is 2.56. The lowest BCUT2D eigenvalue weighted by molar-refractivity contribution is -0.144. The monoisotopic (exact) mass is 266 g/mol. The normalized spacial score (nSPS) is 26.1. The van der Waals surface area contributed by atoms with Crippen LogP contribution in [0.2, 0.25) is 0 Å². The second-order valence-corrected chi connectivity index (χ2v) is 4.02. The fourth-order valence-corrected chi connectivity index (χ4v) is 1.72. The quantitative estimate of drug-likeness (QED) is 0.414. The van der Waals surface area contributed by atoms with Crippen LogP contribution in [0.1, 0.15) is 13.3 Å². The maximum absolute atomic E-state index is 11.2. The van der Waals surface area contributed by atoms with Gasteiger partial charge in [0.15, 0.2) is 0 Å². The van der Waals surface area contributed by atoms with Crippen LogP contribution < -0.4 is 0 Å². The van der Waals surface area contributed by atoms with E-state index in [0.29, 0.717) is 6.42 Å². The molecule has 1 fully saturated rings. The molecule has 1 aliphatic rings. The first-order valence-electron chi connectivity index (χ1n) is 5.98. The second-order valence-electron chi connectivity index (χ2n) is 4.02. The molecule has 0 saturated carbocycles. The first kappa shape index (κ1) is 15.2. The molecule has 1 aliphatic heterocycles. The molecule has 0 N–H and O–H groups in total. The van der Waals surface area contributed by atoms with Crippen molar-refractivity contribution in [3.05, 3.63) is 37.5 Å². The zero-order chi connectivity index (χ0) is 14.3. The Hall–Kier alpha value is -1.88. The van der Waals surface area contributed by atoms with Crippen LogP contribution in [0.25, 0.3) is 0 Å². The van der Waals surface area contributed by atoms with Crippen LogP contribution >= 0.6 is 0 Å². The topological polar surface area (TPSA) is 61.8 Å². The summed E-state index contributed by atoms with van der Waals surface area (Å²) in [5.41, 5.74) is 0. The van der Waals surface area contributed by atoms with E-state index in [1.54, 1.807) is 18.2 Å². The molecule has 0 aromatic carbocycles. The van der Waals surface area contributed by atoms with Gasteiger partial charge in [0.25, 0.3) is 0 Å². The number of hydrogen-bond acceptors (Lipinski definition) is 5. The van der Waals surface area contributed by atoms with E-state index in [1.807, 2.05) is 0 Å². The number of carbonyl (C=O) groups excluding carboxylic acids is 2. The molecule has 0 radical (unpaired) electrons. The molecular formula is C14H18O5. The average molecular weight is 266 g/mol. The Balaban J connectivity index is 2.46. The predicted molar refractivity (Wildman–Crippen MR) is 69.3 cm³/mol.